The number of hydrogen-bond donors (Lipinski definition) is 1. The zero-order chi connectivity index (χ0) is 15.4. The van der Waals surface area contributed by atoms with Crippen LogP contribution in [-0.4, -0.2) is 31.8 Å². The molecular formula is C14H13F3N2O2. The van der Waals surface area contributed by atoms with Crippen LogP contribution < -0.4 is 15.0 Å². The van der Waals surface area contributed by atoms with Crippen molar-refractivity contribution in [3.63, 3.8) is 0 Å². The van der Waals surface area contributed by atoms with Crippen molar-refractivity contribution in [1.29, 1.82) is 0 Å². The first kappa shape index (κ1) is 13.8. The van der Waals surface area contributed by atoms with Crippen molar-refractivity contribution in [3.05, 3.63) is 23.8 Å². The molecule has 0 saturated heterocycles. The van der Waals surface area contributed by atoms with Gasteiger partial charge in [0, 0.05) is 30.9 Å². The Morgan fingerprint density at radius 2 is 2.10 bits per heavy atom. The number of likely N-dealkylation sites (N-methyl/N-ethyl adjacent to an activating group) is 1. The lowest BCUT2D eigenvalue weighted by molar-refractivity contribution is -0.125. The number of nitrogens with zero attached hydrogens (tertiary/aromatic N) is 1. The van der Waals surface area contributed by atoms with E-state index in [-0.39, 0.29) is 18.0 Å². The summed E-state index contributed by atoms with van der Waals surface area (Å²) < 4.78 is 44.7. The number of benzene rings is 1. The molecule has 0 aliphatic carbocycles. The van der Waals surface area contributed by atoms with Crippen molar-refractivity contribution in [2.24, 2.45) is 0 Å². The predicted molar refractivity (Wildman–Crippen MR) is 72.5 cm³/mol. The SMILES string of the molecule is CC1Oc2cc3c(cc2N(C)C1=O)C(C(F)(F)F)=CCN3. The van der Waals surface area contributed by atoms with E-state index in [0.29, 0.717) is 17.1 Å². The lowest BCUT2D eigenvalue weighted by Gasteiger charge is -2.32. The second-order valence-electron chi connectivity index (χ2n) is 5.02. The number of amides is 1. The Bertz CT molecular complexity index is 652. The van der Waals surface area contributed by atoms with E-state index in [4.69, 9.17) is 4.74 Å². The van der Waals surface area contributed by atoms with E-state index in [0.717, 1.165) is 6.08 Å². The van der Waals surface area contributed by atoms with E-state index in [9.17, 15) is 18.0 Å². The van der Waals surface area contributed by atoms with Crippen LogP contribution in [0.4, 0.5) is 24.5 Å². The highest BCUT2D eigenvalue weighted by Crippen LogP contribution is 2.45. The number of carbonyl (C=O) groups is 1. The molecule has 0 fully saturated rings. The molecule has 2 heterocycles. The summed E-state index contributed by atoms with van der Waals surface area (Å²) in [7, 11) is 1.53. The van der Waals surface area contributed by atoms with E-state index in [1.54, 1.807) is 6.92 Å². The first-order valence-corrected chi connectivity index (χ1v) is 6.43. The van der Waals surface area contributed by atoms with Crippen LogP contribution in [0.5, 0.6) is 5.75 Å². The Labute approximate surface area is 119 Å². The molecule has 1 atom stereocenters. The fourth-order valence-electron chi connectivity index (χ4n) is 2.57. The maximum Gasteiger partial charge on any atom is 0.416 e. The summed E-state index contributed by atoms with van der Waals surface area (Å²) in [5.41, 5.74) is 0.0399. The highest BCUT2D eigenvalue weighted by Gasteiger charge is 2.39. The van der Waals surface area contributed by atoms with Crippen LogP contribution in [0.2, 0.25) is 0 Å². The van der Waals surface area contributed by atoms with Gasteiger partial charge in [-0.05, 0) is 13.0 Å². The number of allylic oxidation sites excluding steroid dienone is 1. The van der Waals surface area contributed by atoms with Gasteiger partial charge in [0.1, 0.15) is 5.75 Å². The largest absolute Gasteiger partial charge is 0.479 e. The summed E-state index contributed by atoms with van der Waals surface area (Å²) in [6.45, 7) is 1.71. The molecule has 112 valence electrons. The molecule has 4 nitrogen and oxygen atoms in total. The summed E-state index contributed by atoms with van der Waals surface area (Å²) in [5, 5.41) is 2.90. The van der Waals surface area contributed by atoms with E-state index in [1.807, 2.05) is 0 Å². The molecular weight excluding hydrogens is 285 g/mol. The molecule has 0 saturated carbocycles. The van der Waals surface area contributed by atoms with E-state index in [1.165, 1.54) is 24.1 Å². The smallest absolute Gasteiger partial charge is 0.416 e. The Morgan fingerprint density at radius 3 is 2.76 bits per heavy atom. The van der Waals surface area contributed by atoms with Crippen molar-refractivity contribution in [2.75, 3.05) is 23.8 Å². The normalized spacial score (nSPS) is 21.0. The van der Waals surface area contributed by atoms with Gasteiger partial charge in [-0.25, -0.2) is 0 Å². The molecule has 7 heteroatoms. The summed E-state index contributed by atoms with van der Waals surface area (Å²) in [6.07, 6.45) is -3.99. The van der Waals surface area contributed by atoms with Gasteiger partial charge in [0.2, 0.25) is 0 Å². The number of alkyl halides is 3. The van der Waals surface area contributed by atoms with Crippen molar-refractivity contribution in [3.8, 4) is 5.75 Å². The van der Waals surface area contributed by atoms with Gasteiger partial charge in [-0.1, -0.05) is 6.08 Å². The average molecular weight is 298 g/mol. The van der Waals surface area contributed by atoms with Gasteiger partial charge in [0.05, 0.1) is 11.3 Å². The fourth-order valence-corrected chi connectivity index (χ4v) is 2.57. The number of anilines is 2. The Kier molecular flexibility index (Phi) is 2.89. The molecule has 0 spiro atoms. The summed E-state index contributed by atoms with van der Waals surface area (Å²) in [6, 6.07) is 2.86. The van der Waals surface area contributed by atoms with Crippen molar-refractivity contribution < 1.29 is 22.7 Å². The first-order valence-electron chi connectivity index (χ1n) is 6.43. The molecule has 2 aliphatic heterocycles. The summed E-state index contributed by atoms with van der Waals surface area (Å²) >= 11 is 0. The molecule has 21 heavy (non-hydrogen) atoms. The van der Waals surface area contributed by atoms with Crippen LogP contribution in [0.1, 0.15) is 12.5 Å². The third-order valence-corrected chi connectivity index (χ3v) is 3.64. The Balaban J connectivity index is 2.15. The van der Waals surface area contributed by atoms with Gasteiger partial charge >= 0.3 is 6.18 Å². The Hall–Kier alpha value is -2.18. The van der Waals surface area contributed by atoms with Crippen molar-refractivity contribution in [2.45, 2.75) is 19.2 Å². The monoisotopic (exact) mass is 298 g/mol. The minimum atomic E-state index is -4.43. The van der Waals surface area contributed by atoms with Gasteiger partial charge in [0.25, 0.3) is 5.91 Å². The van der Waals surface area contributed by atoms with E-state index in [2.05, 4.69) is 5.32 Å². The number of halogens is 3. The molecule has 1 unspecified atom stereocenters. The van der Waals surface area contributed by atoms with Crippen LogP contribution >= 0.6 is 0 Å². The van der Waals surface area contributed by atoms with Gasteiger partial charge in [-0.2, -0.15) is 13.2 Å². The molecule has 1 aromatic rings. The lowest BCUT2D eigenvalue weighted by Crippen LogP contribution is -2.42. The molecule has 0 radical (unpaired) electrons. The minimum Gasteiger partial charge on any atom is -0.479 e. The van der Waals surface area contributed by atoms with Gasteiger partial charge < -0.3 is 15.0 Å². The molecule has 2 aliphatic rings. The molecule has 1 N–H and O–H groups in total. The number of carbonyl (C=O) groups excluding carboxylic acids is 1. The van der Waals surface area contributed by atoms with Crippen LogP contribution in [-0.2, 0) is 4.79 Å². The van der Waals surface area contributed by atoms with Gasteiger partial charge in [0.15, 0.2) is 6.10 Å². The minimum absolute atomic E-state index is 0.0327. The number of ether oxygens (including phenoxy) is 1. The molecule has 0 bridgehead atoms. The zero-order valence-electron chi connectivity index (χ0n) is 11.4. The van der Waals surface area contributed by atoms with Crippen LogP contribution in [0.15, 0.2) is 18.2 Å². The van der Waals surface area contributed by atoms with Crippen LogP contribution in [0.25, 0.3) is 5.57 Å². The maximum atomic E-state index is 13.1. The predicted octanol–water partition coefficient (Wildman–Crippen LogP) is 2.80. The van der Waals surface area contributed by atoms with Gasteiger partial charge in [-0.15, -0.1) is 0 Å². The second kappa shape index (κ2) is 4.41. The number of hydrogen-bond acceptors (Lipinski definition) is 3. The van der Waals surface area contributed by atoms with Crippen LogP contribution in [0.3, 0.4) is 0 Å². The number of nitrogens with one attached hydrogen (secondary N) is 1. The standard InChI is InChI=1S/C14H13F3N2O2/c1-7-13(20)19(2)11-5-8-9(14(15,16)17)3-4-18-10(8)6-12(11)21-7/h3,5-7,18H,4H2,1-2H3. The molecule has 0 aromatic heterocycles. The van der Waals surface area contributed by atoms with Gasteiger partial charge in [-0.3, -0.25) is 4.79 Å². The van der Waals surface area contributed by atoms with Crippen LogP contribution in [0, 0.1) is 0 Å². The van der Waals surface area contributed by atoms with E-state index < -0.39 is 17.9 Å². The molecule has 1 amide bonds. The quantitative estimate of drug-likeness (QED) is 0.801. The zero-order valence-corrected chi connectivity index (χ0v) is 11.4. The maximum absolute atomic E-state index is 13.1. The highest BCUT2D eigenvalue weighted by molar-refractivity contribution is 6.01. The lowest BCUT2D eigenvalue weighted by atomic mass is 9.97. The first-order chi connectivity index (χ1) is 9.79. The topological polar surface area (TPSA) is 41.6 Å². The number of fused-ring (bicyclic) bond motifs is 2. The number of rotatable bonds is 0. The summed E-state index contributed by atoms with van der Waals surface area (Å²) in [4.78, 5) is 13.2. The van der Waals surface area contributed by atoms with E-state index >= 15 is 0 Å². The summed E-state index contributed by atoms with van der Waals surface area (Å²) in [5.74, 6) is 0.114. The van der Waals surface area contributed by atoms with Crippen molar-refractivity contribution in [1.82, 2.24) is 0 Å². The second-order valence-corrected chi connectivity index (χ2v) is 5.02. The Morgan fingerprint density at radius 1 is 1.38 bits per heavy atom. The molecule has 3 rings (SSSR count). The molecule has 1 aromatic carbocycles. The average Bonchev–Trinajstić information content (AvgIpc) is 2.41. The fraction of sp³-hybridized carbons (Fsp3) is 0.357. The van der Waals surface area contributed by atoms with Crippen molar-refractivity contribution >= 4 is 22.9 Å². The third kappa shape index (κ3) is 2.12. The highest BCUT2D eigenvalue weighted by atomic mass is 19.4. The third-order valence-electron chi connectivity index (χ3n) is 3.64.